The molecule has 4 N–H and O–H groups in total. The van der Waals surface area contributed by atoms with Gasteiger partial charge in [-0.25, -0.2) is 4.79 Å². The van der Waals surface area contributed by atoms with Crippen LogP contribution in [0.25, 0.3) is 11.0 Å². The number of carbonyl (C=O) groups excluding carboxylic acids is 2. The molecule has 5 rings (SSSR count). The Kier molecular flexibility index (Phi) is 8.88. The van der Waals surface area contributed by atoms with Crippen LogP contribution in [-0.2, 0) is 24.3 Å². The topological polar surface area (TPSA) is 162 Å². The van der Waals surface area contributed by atoms with Crippen LogP contribution < -0.4 is 16.0 Å². The zero-order valence-corrected chi connectivity index (χ0v) is 24.8. The zero-order valence-electron chi connectivity index (χ0n) is 23.2. The lowest BCUT2D eigenvalue weighted by Gasteiger charge is -2.30. The van der Waals surface area contributed by atoms with Crippen molar-refractivity contribution < 1.29 is 28.4 Å². The molecule has 0 unspecified atom stereocenters. The molecule has 0 bridgehead atoms. The predicted octanol–water partition coefficient (Wildman–Crippen LogP) is 3.78. The molecule has 2 aromatic heterocycles. The van der Waals surface area contributed by atoms with Crippen molar-refractivity contribution >= 4 is 57.9 Å². The van der Waals surface area contributed by atoms with Gasteiger partial charge in [0.05, 0.1) is 22.2 Å². The molecule has 2 aromatic carbocycles. The summed E-state index contributed by atoms with van der Waals surface area (Å²) in [6.07, 6.45) is 0.370. The summed E-state index contributed by atoms with van der Waals surface area (Å²) in [5.74, 6) is -1.10. The number of fused-ring (bicyclic) bond motifs is 2. The molecule has 1 aliphatic heterocycles. The quantitative estimate of drug-likeness (QED) is 0.168. The first kappa shape index (κ1) is 29.9. The first-order valence-electron chi connectivity index (χ1n) is 13.3. The SMILES string of the molecule is C/N=C(/NCc1cc(C)on1)NC[C@H](NC(=O)c1c(Cl)cc2c(c1Cl)CCN(C(=O)c1cc3ccccc3o1)C2)C(=O)O. The molecule has 1 atom stereocenters. The number of carbonyl (C=O) groups is 3. The predicted molar refractivity (Wildman–Crippen MR) is 159 cm³/mol. The Morgan fingerprint density at radius 1 is 1.16 bits per heavy atom. The fourth-order valence-electron chi connectivity index (χ4n) is 4.80. The lowest BCUT2D eigenvalue weighted by atomic mass is 9.96. The Morgan fingerprint density at radius 2 is 1.95 bits per heavy atom. The van der Waals surface area contributed by atoms with Crippen LogP contribution in [0.5, 0.6) is 0 Å². The number of aliphatic carboxylic acids is 1. The van der Waals surface area contributed by atoms with Crippen molar-refractivity contribution in [3.05, 3.63) is 86.4 Å². The van der Waals surface area contributed by atoms with Crippen molar-refractivity contribution in [2.45, 2.75) is 32.5 Å². The molecule has 14 heteroatoms. The standard InChI is InChI=1S/C29H28Cl2N6O6/c1-15-9-18(36-43-15)12-33-29(32-2)34-13-21(28(40)41)35-26(38)24-20(30)10-17-14-37(8-7-19(17)25(24)31)27(39)23-11-16-5-3-4-6-22(16)42-23/h3-6,9-11,21H,7-8,12-14H2,1-2H3,(H,35,38)(H,40,41)(H2,32,33,34)/t21-/m0/s1. The smallest absolute Gasteiger partial charge is 0.328 e. The molecule has 0 saturated heterocycles. The number of aryl methyl sites for hydroxylation is 1. The van der Waals surface area contributed by atoms with Gasteiger partial charge in [-0.1, -0.05) is 46.6 Å². The summed E-state index contributed by atoms with van der Waals surface area (Å²) in [5.41, 5.74) is 2.59. The van der Waals surface area contributed by atoms with E-state index >= 15 is 0 Å². The van der Waals surface area contributed by atoms with E-state index in [9.17, 15) is 19.5 Å². The number of nitrogens with one attached hydrogen (secondary N) is 3. The number of guanidine groups is 1. The first-order chi connectivity index (χ1) is 20.6. The van der Waals surface area contributed by atoms with Crippen molar-refractivity contribution in [3.8, 4) is 0 Å². The Bertz CT molecular complexity index is 1700. The van der Waals surface area contributed by atoms with Crippen molar-refractivity contribution in [1.82, 2.24) is 26.0 Å². The molecule has 0 radical (unpaired) electrons. The molecule has 0 aliphatic carbocycles. The van der Waals surface area contributed by atoms with Crippen LogP contribution in [0.15, 0.2) is 56.4 Å². The minimum absolute atomic E-state index is 0.0331. The second kappa shape index (κ2) is 12.8. The van der Waals surface area contributed by atoms with Crippen LogP contribution in [-0.4, -0.2) is 65.1 Å². The fraction of sp³-hybridized carbons (Fsp3) is 0.276. The normalized spacial score (nSPS) is 13.9. The molecule has 2 amide bonds. The second-order valence-electron chi connectivity index (χ2n) is 9.91. The summed E-state index contributed by atoms with van der Waals surface area (Å²) in [6.45, 7) is 2.44. The lowest BCUT2D eigenvalue weighted by Crippen LogP contribution is -2.50. The average molecular weight is 627 g/mol. The molecule has 0 spiro atoms. The van der Waals surface area contributed by atoms with Crippen LogP contribution in [0.3, 0.4) is 0 Å². The Hall–Kier alpha value is -4.55. The van der Waals surface area contributed by atoms with Crippen LogP contribution in [0.4, 0.5) is 0 Å². The zero-order chi connectivity index (χ0) is 30.7. The maximum absolute atomic E-state index is 13.2. The number of furan rings is 1. The second-order valence-corrected chi connectivity index (χ2v) is 10.7. The number of rotatable bonds is 8. The van der Waals surface area contributed by atoms with Crippen molar-refractivity contribution in [3.63, 3.8) is 0 Å². The van der Waals surface area contributed by atoms with Crippen LogP contribution in [0, 0.1) is 6.92 Å². The van der Waals surface area contributed by atoms with Crippen molar-refractivity contribution in [1.29, 1.82) is 0 Å². The average Bonchev–Trinajstić information content (AvgIpc) is 3.61. The summed E-state index contributed by atoms with van der Waals surface area (Å²) >= 11 is 13.2. The summed E-state index contributed by atoms with van der Waals surface area (Å²) < 4.78 is 10.8. The summed E-state index contributed by atoms with van der Waals surface area (Å²) in [4.78, 5) is 44.1. The highest BCUT2D eigenvalue weighted by atomic mass is 35.5. The maximum atomic E-state index is 13.2. The number of amides is 2. The lowest BCUT2D eigenvalue weighted by molar-refractivity contribution is -0.139. The molecule has 3 heterocycles. The van der Waals surface area contributed by atoms with E-state index in [-0.39, 0.29) is 40.4 Å². The van der Waals surface area contributed by atoms with Gasteiger partial charge in [-0.3, -0.25) is 14.6 Å². The molecule has 0 saturated carbocycles. The molecule has 0 fully saturated rings. The van der Waals surface area contributed by atoms with Gasteiger partial charge in [-0.15, -0.1) is 0 Å². The molecule has 12 nitrogen and oxygen atoms in total. The van der Waals surface area contributed by atoms with Gasteiger partial charge in [0, 0.05) is 38.1 Å². The molecule has 4 aromatic rings. The number of carboxylic acid groups (broad SMARTS) is 1. The molecule has 224 valence electrons. The van der Waals surface area contributed by atoms with Crippen molar-refractivity contribution in [2.75, 3.05) is 20.1 Å². The number of nitrogens with zero attached hydrogens (tertiary/aromatic N) is 3. The number of benzene rings is 2. The van der Waals surface area contributed by atoms with Gasteiger partial charge < -0.3 is 34.9 Å². The van der Waals surface area contributed by atoms with Gasteiger partial charge in [-0.2, -0.15) is 0 Å². The number of para-hydroxylation sites is 1. The van der Waals surface area contributed by atoms with E-state index in [1.165, 1.54) is 7.05 Å². The highest BCUT2D eigenvalue weighted by molar-refractivity contribution is 6.40. The van der Waals surface area contributed by atoms with Gasteiger partial charge in [-0.05, 0) is 42.7 Å². The fourth-order valence-corrected chi connectivity index (χ4v) is 5.57. The van der Waals surface area contributed by atoms with Crippen LogP contribution in [0.2, 0.25) is 10.0 Å². The van der Waals surface area contributed by atoms with Crippen molar-refractivity contribution in [2.24, 2.45) is 4.99 Å². The van der Waals surface area contributed by atoms with E-state index in [2.05, 4.69) is 26.1 Å². The number of halogens is 2. The Balaban J connectivity index is 1.25. The summed E-state index contributed by atoms with van der Waals surface area (Å²) in [7, 11) is 1.52. The van der Waals surface area contributed by atoms with E-state index in [0.717, 1.165) is 5.39 Å². The maximum Gasteiger partial charge on any atom is 0.328 e. The monoisotopic (exact) mass is 626 g/mol. The van der Waals surface area contributed by atoms with E-state index in [1.54, 1.807) is 36.1 Å². The number of aromatic nitrogens is 1. The number of carboxylic acids is 1. The van der Waals surface area contributed by atoms with Gasteiger partial charge >= 0.3 is 5.97 Å². The number of aliphatic imine (C=N–C) groups is 1. The largest absolute Gasteiger partial charge is 0.480 e. The molecule has 43 heavy (non-hydrogen) atoms. The van der Waals surface area contributed by atoms with Gasteiger partial charge in [0.2, 0.25) is 0 Å². The third-order valence-corrected chi connectivity index (χ3v) is 7.68. The van der Waals surface area contributed by atoms with E-state index in [1.807, 2.05) is 18.2 Å². The third-order valence-electron chi connectivity index (χ3n) is 6.97. The van der Waals surface area contributed by atoms with Gasteiger partial charge in [0.1, 0.15) is 23.1 Å². The highest BCUT2D eigenvalue weighted by Gasteiger charge is 2.30. The van der Waals surface area contributed by atoms with Gasteiger partial charge in [0.25, 0.3) is 11.8 Å². The first-order valence-corrected chi connectivity index (χ1v) is 14.1. The third kappa shape index (κ3) is 6.60. The van der Waals surface area contributed by atoms with E-state index in [0.29, 0.717) is 53.6 Å². The molecular weight excluding hydrogens is 599 g/mol. The summed E-state index contributed by atoms with van der Waals surface area (Å²) in [6, 6.07) is 11.1. The van der Waals surface area contributed by atoms with Gasteiger partial charge in [0.15, 0.2) is 11.7 Å². The Labute approximate surface area is 256 Å². The van der Waals surface area contributed by atoms with E-state index < -0.39 is 17.9 Å². The minimum atomic E-state index is -1.33. The minimum Gasteiger partial charge on any atom is -0.480 e. The van der Waals surface area contributed by atoms with Crippen LogP contribution >= 0.6 is 23.2 Å². The summed E-state index contributed by atoms with van der Waals surface area (Å²) in [5, 5.41) is 23.0. The number of hydrogen-bond donors (Lipinski definition) is 4. The number of hydrogen-bond acceptors (Lipinski definition) is 7. The molecular formula is C29H28Cl2N6O6. The van der Waals surface area contributed by atoms with E-state index in [4.69, 9.17) is 32.1 Å². The van der Waals surface area contributed by atoms with Crippen LogP contribution in [0.1, 0.15) is 43.5 Å². The Morgan fingerprint density at radius 3 is 2.65 bits per heavy atom. The highest BCUT2D eigenvalue weighted by Crippen LogP contribution is 2.35. The molecule has 1 aliphatic rings.